The molecular formula is C8H12N2O2S. The third-order valence-electron chi connectivity index (χ3n) is 1.69. The molecule has 0 aromatic carbocycles. The monoisotopic (exact) mass is 200 g/mol. The lowest BCUT2D eigenvalue weighted by atomic mass is 10.1. The van der Waals surface area contributed by atoms with Crippen LogP contribution in [0.3, 0.4) is 0 Å². The van der Waals surface area contributed by atoms with E-state index in [1.165, 1.54) is 11.5 Å². The molecule has 0 bridgehead atoms. The normalized spacial score (nSPS) is 10.0. The van der Waals surface area contributed by atoms with Crippen molar-refractivity contribution in [3.05, 3.63) is 11.3 Å². The molecule has 0 aliphatic rings. The van der Waals surface area contributed by atoms with Gasteiger partial charge in [-0.1, -0.05) is 13.3 Å². The van der Waals surface area contributed by atoms with E-state index in [2.05, 4.69) is 9.69 Å². The second kappa shape index (κ2) is 4.23. The topological polar surface area (TPSA) is 62.2 Å². The molecule has 1 aromatic heterocycles. The number of anilines is 1. The summed E-state index contributed by atoms with van der Waals surface area (Å²) in [4.78, 5) is 10.9. The molecule has 4 nitrogen and oxygen atoms in total. The summed E-state index contributed by atoms with van der Waals surface area (Å²) in [5.74, 6) is -0.901. The highest BCUT2D eigenvalue weighted by Crippen LogP contribution is 2.25. The van der Waals surface area contributed by atoms with E-state index in [4.69, 9.17) is 5.11 Å². The van der Waals surface area contributed by atoms with E-state index in [1.807, 2.05) is 6.92 Å². The van der Waals surface area contributed by atoms with Crippen LogP contribution in [0.25, 0.3) is 0 Å². The van der Waals surface area contributed by atoms with Gasteiger partial charge in [0.15, 0.2) is 0 Å². The summed E-state index contributed by atoms with van der Waals surface area (Å²) in [7, 11) is 1.70. The first kappa shape index (κ1) is 9.98. The maximum atomic E-state index is 10.9. The van der Waals surface area contributed by atoms with Crippen LogP contribution in [-0.2, 0) is 6.42 Å². The first-order chi connectivity index (χ1) is 6.20. The Bertz CT molecular complexity index is 309. The van der Waals surface area contributed by atoms with Crippen molar-refractivity contribution in [2.24, 2.45) is 0 Å². The van der Waals surface area contributed by atoms with Gasteiger partial charge in [-0.3, -0.25) is 0 Å². The lowest BCUT2D eigenvalue weighted by Gasteiger charge is -1.98. The third kappa shape index (κ3) is 1.98. The Labute approximate surface area is 80.8 Å². The van der Waals surface area contributed by atoms with Crippen LogP contribution in [-0.4, -0.2) is 22.5 Å². The minimum atomic E-state index is -0.901. The summed E-state index contributed by atoms with van der Waals surface area (Å²) in [6.45, 7) is 2.00. The van der Waals surface area contributed by atoms with Gasteiger partial charge < -0.3 is 10.4 Å². The standard InChI is InChI=1S/C8H12N2O2S/c1-3-4-5-6(8(11)12)7(9-2)13-10-5/h9H,3-4H2,1-2H3,(H,11,12). The lowest BCUT2D eigenvalue weighted by Crippen LogP contribution is -2.03. The quantitative estimate of drug-likeness (QED) is 0.778. The van der Waals surface area contributed by atoms with E-state index < -0.39 is 5.97 Å². The second-order valence-electron chi connectivity index (χ2n) is 2.64. The van der Waals surface area contributed by atoms with Crippen LogP contribution in [0, 0.1) is 0 Å². The fraction of sp³-hybridized carbons (Fsp3) is 0.500. The molecule has 0 saturated heterocycles. The van der Waals surface area contributed by atoms with E-state index in [0.717, 1.165) is 12.8 Å². The van der Waals surface area contributed by atoms with Crippen LogP contribution >= 0.6 is 11.5 Å². The van der Waals surface area contributed by atoms with Gasteiger partial charge in [0.1, 0.15) is 10.6 Å². The van der Waals surface area contributed by atoms with Crippen molar-refractivity contribution in [2.45, 2.75) is 19.8 Å². The van der Waals surface area contributed by atoms with Gasteiger partial charge in [-0.15, -0.1) is 0 Å². The maximum absolute atomic E-state index is 10.9. The van der Waals surface area contributed by atoms with E-state index >= 15 is 0 Å². The molecule has 13 heavy (non-hydrogen) atoms. The third-order valence-corrected chi connectivity index (χ3v) is 2.59. The minimum Gasteiger partial charge on any atom is -0.478 e. The molecule has 0 radical (unpaired) electrons. The molecule has 0 aliphatic heterocycles. The largest absolute Gasteiger partial charge is 0.478 e. The first-order valence-corrected chi connectivity index (χ1v) is 4.87. The number of hydrogen-bond donors (Lipinski definition) is 2. The van der Waals surface area contributed by atoms with Crippen LogP contribution in [0.2, 0.25) is 0 Å². The lowest BCUT2D eigenvalue weighted by molar-refractivity contribution is 0.0697. The molecule has 1 heterocycles. The Kier molecular flexibility index (Phi) is 3.25. The number of carbonyl (C=O) groups is 1. The number of rotatable bonds is 4. The number of aryl methyl sites for hydroxylation is 1. The Hall–Kier alpha value is -1.10. The van der Waals surface area contributed by atoms with Crippen molar-refractivity contribution in [3.8, 4) is 0 Å². The van der Waals surface area contributed by atoms with Crippen LogP contribution in [0.4, 0.5) is 5.00 Å². The number of hydrogen-bond acceptors (Lipinski definition) is 4. The fourth-order valence-corrected chi connectivity index (χ4v) is 1.89. The molecule has 1 aromatic rings. The van der Waals surface area contributed by atoms with Gasteiger partial charge in [-0.05, 0) is 18.0 Å². The number of nitrogens with zero attached hydrogens (tertiary/aromatic N) is 1. The number of carboxylic acids is 1. The zero-order valence-electron chi connectivity index (χ0n) is 7.63. The van der Waals surface area contributed by atoms with E-state index in [1.54, 1.807) is 7.05 Å². The molecule has 0 aliphatic carbocycles. The molecule has 0 atom stereocenters. The van der Waals surface area contributed by atoms with E-state index in [9.17, 15) is 4.79 Å². The molecule has 2 N–H and O–H groups in total. The van der Waals surface area contributed by atoms with Crippen molar-refractivity contribution in [2.75, 3.05) is 12.4 Å². The van der Waals surface area contributed by atoms with Crippen molar-refractivity contribution >= 4 is 22.5 Å². The van der Waals surface area contributed by atoms with Gasteiger partial charge in [0.05, 0.1) is 5.69 Å². The summed E-state index contributed by atoms with van der Waals surface area (Å²) in [5.41, 5.74) is 1.01. The van der Waals surface area contributed by atoms with Gasteiger partial charge in [-0.2, -0.15) is 4.37 Å². The Morgan fingerprint density at radius 3 is 2.85 bits per heavy atom. The van der Waals surface area contributed by atoms with E-state index in [0.29, 0.717) is 16.3 Å². The van der Waals surface area contributed by atoms with Gasteiger partial charge in [0.25, 0.3) is 0 Å². The van der Waals surface area contributed by atoms with Crippen LogP contribution in [0.15, 0.2) is 0 Å². The Balaban J connectivity index is 3.06. The highest BCUT2D eigenvalue weighted by Gasteiger charge is 2.18. The predicted octanol–water partition coefficient (Wildman–Crippen LogP) is 1.84. The zero-order valence-corrected chi connectivity index (χ0v) is 8.44. The van der Waals surface area contributed by atoms with Gasteiger partial charge in [0, 0.05) is 7.05 Å². The Morgan fingerprint density at radius 2 is 2.38 bits per heavy atom. The maximum Gasteiger partial charge on any atom is 0.340 e. The van der Waals surface area contributed by atoms with Crippen molar-refractivity contribution in [1.29, 1.82) is 0 Å². The number of aromatic nitrogens is 1. The molecule has 0 saturated carbocycles. The summed E-state index contributed by atoms with van der Waals surface area (Å²) >= 11 is 1.20. The molecule has 1 rings (SSSR count). The second-order valence-corrected chi connectivity index (χ2v) is 3.41. The molecule has 5 heteroatoms. The van der Waals surface area contributed by atoms with Crippen LogP contribution in [0.5, 0.6) is 0 Å². The molecule has 0 amide bonds. The SMILES string of the molecule is CCCc1nsc(NC)c1C(=O)O. The average Bonchev–Trinajstić information content (AvgIpc) is 2.48. The van der Waals surface area contributed by atoms with Crippen LogP contribution < -0.4 is 5.32 Å². The zero-order chi connectivity index (χ0) is 9.84. The van der Waals surface area contributed by atoms with E-state index in [-0.39, 0.29) is 0 Å². The summed E-state index contributed by atoms with van der Waals surface area (Å²) in [5, 5.41) is 12.4. The minimum absolute atomic E-state index is 0.328. The number of nitrogens with one attached hydrogen (secondary N) is 1. The highest BCUT2D eigenvalue weighted by atomic mass is 32.1. The molecule has 0 fully saturated rings. The molecule has 72 valence electrons. The van der Waals surface area contributed by atoms with Crippen molar-refractivity contribution < 1.29 is 9.90 Å². The van der Waals surface area contributed by atoms with Gasteiger partial charge in [-0.25, -0.2) is 4.79 Å². The predicted molar refractivity (Wildman–Crippen MR) is 52.6 cm³/mol. The first-order valence-electron chi connectivity index (χ1n) is 4.10. The summed E-state index contributed by atoms with van der Waals surface area (Å²) in [6, 6.07) is 0. The average molecular weight is 200 g/mol. The number of carboxylic acid groups (broad SMARTS) is 1. The van der Waals surface area contributed by atoms with Gasteiger partial charge in [0.2, 0.25) is 0 Å². The van der Waals surface area contributed by atoms with Crippen LogP contribution in [0.1, 0.15) is 29.4 Å². The molecule has 0 spiro atoms. The smallest absolute Gasteiger partial charge is 0.340 e. The Morgan fingerprint density at radius 1 is 1.69 bits per heavy atom. The van der Waals surface area contributed by atoms with Crippen molar-refractivity contribution in [1.82, 2.24) is 4.37 Å². The summed E-state index contributed by atoms with van der Waals surface area (Å²) in [6.07, 6.45) is 1.63. The molecule has 0 unspecified atom stereocenters. The fourth-order valence-electron chi connectivity index (χ4n) is 1.12. The highest BCUT2D eigenvalue weighted by molar-refractivity contribution is 7.10. The number of aromatic carboxylic acids is 1. The van der Waals surface area contributed by atoms with Gasteiger partial charge >= 0.3 is 5.97 Å². The molecular weight excluding hydrogens is 188 g/mol. The van der Waals surface area contributed by atoms with Crippen molar-refractivity contribution in [3.63, 3.8) is 0 Å². The summed E-state index contributed by atoms with van der Waals surface area (Å²) < 4.78 is 4.10.